The quantitative estimate of drug-likeness (QED) is 0.607. The van der Waals surface area contributed by atoms with Crippen LogP contribution in [0.5, 0.6) is 0 Å². The lowest BCUT2D eigenvalue weighted by atomic mass is 10.3. The van der Waals surface area contributed by atoms with E-state index in [9.17, 15) is 9.59 Å². The van der Waals surface area contributed by atoms with Crippen molar-refractivity contribution in [3.05, 3.63) is 0 Å². The van der Waals surface area contributed by atoms with E-state index in [4.69, 9.17) is 5.73 Å². The summed E-state index contributed by atoms with van der Waals surface area (Å²) in [4.78, 5) is 20.9. The molecule has 2 amide bonds. The molecule has 58 valence electrons. The number of carbonyl (C=O) groups excluding carboxylic acids is 2. The number of nitrogens with one attached hydrogen (secondary N) is 1. The maximum atomic E-state index is 10.6. The van der Waals surface area contributed by atoms with Gasteiger partial charge in [0.15, 0.2) is 0 Å². The highest BCUT2D eigenvalue weighted by atomic mass is 79.9. The second-order valence-corrected chi connectivity index (χ2v) is 2.39. The Bertz CT molecular complexity index is 149. The Hall–Kier alpha value is -0.580. The van der Waals surface area contributed by atoms with E-state index < -0.39 is 11.9 Å². The van der Waals surface area contributed by atoms with E-state index in [2.05, 4.69) is 21.2 Å². The third kappa shape index (κ3) is 3.45. The van der Waals surface area contributed by atoms with Gasteiger partial charge in [-0.15, -0.1) is 0 Å². The summed E-state index contributed by atoms with van der Waals surface area (Å²) >= 11 is 2.93. The van der Waals surface area contributed by atoms with Gasteiger partial charge in [-0.1, -0.05) is 15.9 Å². The molecule has 0 radical (unpaired) electrons. The van der Waals surface area contributed by atoms with E-state index in [1.807, 2.05) is 0 Å². The molecule has 0 saturated heterocycles. The van der Waals surface area contributed by atoms with Crippen molar-refractivity contribution in [2.45, 2.75) is 13.0 Å². The molecular formula is C5H9BrN2O2. The minimum absolute atomic E-state index is 0.185. The molecular weight excluding hydrogens is 200 g/mol. The Morgan fingerprint density at radius 3 is 2.50 bits per heavy atom. The number of alkyl halides is 1. The van der Waals surface area contributed by atoms with Gasteiger partial charge >= 0.3 is 0 Å². The molecule has 10 heavy (non-hydrogen) atoms. The molecule has 0 heterocycles. The van der Waals surface area contributed by atoms with Crippen molar-refractivity contribution in [3.63, 3.8) is 0 Å². The first-order chi connectivity index (χ1) is 4.57. The summed E-state index contributed by atoms with van der Waals surface area (Å²) in [6.07, 6.45) is 0. The Balaban J connectivity index is 3.68. The van der Waals surface area contributed by atoms with Crippen LogP contribution in [0.1, 0.15) is 6.92 Å². The molecule has 3 N–H and O–H groups in total. The van der Waals surface area contributed by atoms with Crippen LogP contribution in [-0.4, -0.2) is 23.2 Å². The summed E-state index contributed by atoms with van der Waals surface area (Å²) in [7, 11) is 0. The zero-order valence-electron chi connectivity index (χ0n) is 5.56. The van der Waals surface area contributed by atoms with Crippen LogP contribution in [0.15, 0.2) is 0 Å². The first-order valence-electron chi connectivity index (χ1n) is 2.72. The average molecular weight is 209 g/mol. The fourth-order valence-electron chi connectivity index (χ4n) is 0.351. The van der Waals surface area contributed by atoms with E-state index in [-0.39, 0.29) is 11.2 Å². The summed E-state index contributed by atoms with van der Waals surface area (Å²) < 4.78 is 0. The maximum absolute atomic E-state index is 10.6. The van der Waals surface area contributed by atoms with Crippen molar-refractivity contribution in [1.82, 2.24) is 5.32 Å². The van der Waals surface area contributed by atoms with Crippen LogP contribution in [0.25, 0.3) is 0 Å². The van der Waals surface area contributed by atoms with Gasteiger partial charge in [0, 0.05) is 0 Å². The molecule has 0 aliphatic rings. The van der Waals surface area contributed by atoms with Gasteiger partial charge in [0.05, 0.1) is 5.33 Å². The summed E-state index contributed by atoms with van der Waals surface area (Å²) in [5, 5.41) is 2.55. The fraction of sp³-hybridized carbons (Fsp3) is 0.600. The second kappa shape index (κ2) is 4.27. The van der Waals surface area contributed by atoms with Crippen molar-refractivity contribution in [2.24, 2.45) is 5.73 Å². The molecule has 0 aliphatic heterocycles. The van der Waals surface area contributed by atoms with Gasteiger partial charge in [-0.25, -0.2) is 0 Å². The number of halogens is 1. The van der Waals surface area contributed by atoms with Gasteiger partial charge in [-0.05, 0) is 6.92 Å². The SMILES string of the molecule is CC(NC(=O)CBr)C(N)=O. The highest BCUT2D eigenvalue weighted by Crippen LogP contribution is 1.82. The van der Waals surface area contributed by atoms with E-state index >= 15 is 0 Å². The van der Waals surface area contributed by atoms with Crippen LogP contribution in [0.3, 0.4) is 0 Å². The van der Waals surface area contributed by atoms with Crippen LogP contribution in [-0.2, 0) is 9.59 Å². The highest BCUT2D eigenvalue weighted by Gasteiger charge is 2.09. The average Bonchev–Trinajstić information content (AvgIpc) is 1.87. The Labute approximate surface area is 67.3 Å². The number of nitrogens with two attached hydrogens (primary N) is 1. The summed E-state index contributed by atoms with van der Waals surface area (Å²) in [6, 6.07) is -0.593. The van der Waals surface area contributed by atoms with Gasteiger partial charge in [-0.3, -0.25) is 9.59 Å². The van der Waals surface area contributed by atoms with E-state index in [1.54, 1.807) is 0 Å². The van der Waals surface area contributed by atoms with Gasteiger partial charge in [0.2, 0.25) is 11.8 Å². The van der Waals surface area contributed by atoms with Crippen molar-refractivity contribution < 1.29 is 9.59 Å². The van der Waals surface area contributed by atoms with Gasteiger partial charge in [0.25, 0.3) is 0 Å². The van der Waals surface area contributed by atoms with Crippen molar-refractivity contribution >= 4 is 27.7 Å². The van der Waals surface area contributed by atoms with Crippen molar-refractivity contribution in [1.29, 1.82) is 0 Å². The van der Waals surface area contributed by atoms with E-state index in [0.717, 1.165) is 0 Å². The van der Waals surface area contributed by atoms with E-state index in [0.29, 0.717) is 0 Å². The lowest BCUT2D eigenvalue weighted by Gasteiger charge is -2.07. The molecule has 0 aromatic heterocycles. The maximum Gasteiger partial charge on any atom is 0.239 e. The van der Waals surface area contributed by atoms with Crippen LogP contribution in [0, 0.1) is 0 Å². The molecule has 1 atom stereocenters. The minimum atomic E-state index is -0.593. The highest BCUT2D eigenvalue weighted by molar-refractivity contribution is 9.09. The van der Waals surface area contributed by atoms with Gasteiger partial charge in [-0.2, -0.15) is 0 Å². The topological polar surface area (TPSA) is 72.2 Å². The summed E-state index contributed by atoms with van der Waals surface area (Å²) in [6.45, 7) is 1.53. The lowest BCUT2D eigenvalue weighted by molar-refractivity contribution is -0.125. The fourth-order valence-corrected chi connectivity index (χ4v) is 0.513. The van der Waals surface area contributed by atoms with Crippen molar-refractivity contribution in [2.75, 3.05) is 5.33 Å². The molecule has 0 aromatic rings. The molecule has 4 nitrogen and oxygen atoms in total. The normalized spacial score (nSPS) is 12.2. The van der Waals surface area contributed by atoms with Crippen LogP contribution in [0.2, 0.25) is 0 Å². The first-order valence-corrected chi connectivity index (χ1v) is 3.84. The van der Waals surface area contributed by atoms with Crippen LogP contribution < -0.4 is 11.1 Å². The molecule has 0 saturated carbocycles. The number of hydrogen-bond acceptors (Lipinski definition) is 2. The first kappa shape index (κ1) is 9.42. The summed E-state index contributed by atoms with van der Waals surface area (Å²) in [5.41, 5.74) is 4.87. The van der Waals surface area contributed by atoms with Gasteiger partial charge in [0.1, 0.15) is 6.04 Å². The predicted octanol–water partition coefficient (Wildman–Crippen LogP) is -0.629. The zero-order chi connectivity index (χ0) is 8.15. The largest absolute Gasteiger partial charge is 0.368 e. The number of rotatable bonds is 3. The van der Waals surface area contributed by atoms with Crippen LogP contribution >= 0.6 is 15.9 Å². The second-order valence-electron chi connectivity index (χ2n) is 1.83. The Morgan fingerprint density at radius 2 is 2.20 bits per heavy atom. The molecule has 1 unspecified atom stereocenters. The summed E-state index contributed by atoms with van der Waals surface area (Å²) in [5.74, 6) is -0.777. The number of hydrogen-bond donors (Lipinski definition) is 2. The smallest absolute Gasteiger partial charge is 0.239 e. The number of carbonyl (C=O) groups is 2. The third-order valence-electron chi connectivity index (χ3n) is 0.926. The molecule has 0 aliphatic carbocycles. The molecule has 5 heteroatoms. The number of primary amides is 1. The van der Waals surface area contributed by atoms with Crippen LogP contribution in [0.4, 0.5) is 0 Å². The molecule has 0 spiro atoms. The number of amides is 2. The Kier molecular flexibility index (Phi) is 4.02. The zero-order valence-corrected chi connectivity index (χ0v) is 7.14. The lowest BCUT2D eigenvalue weighted by Crippen LogP contribution is -2.42. The molecule has 0 fully saturated rings. The molecule has 0 aromatic carbocycles. The predicted molar refractivity (Wildman–Crippen MR) is 40.6 cm³/mol. The third-order valence-corrected chi connectivity index (χ3v) is 1.43. The molecule has 0 rings (SSSR count). The van der Waals surface area contributed by atoms with Crippen molar-refractivity contribution in [3.8, 4) is 0 Å². The minimum Gasteiger partial charge on any atom is -0.368 e. The van der Waals surface area contributed by atoms with E-state index in [1.165, 1.54) is 6.92 Å². The van der Waals surface area contributed by atoms with Gasteiger partial charge < -0.3 is 11.1 Å². The monoisotopic (exact) mass is 208 g/mol. The molecule has 0 bridgehead atoms. The Morgan fingerprint density at radius 1 is 1.70 bits per heavy atom. The standard InChI is InChI=1S/C5H9BrN2O2/c1-3(5(7)10)8-4(9)2-6/h3H,2H2,1H3,(H2,7,10)(H,8,9).